The molecule has 0 amide bonds. The fourth-order valence-corrected chi connectivity index (χ4v) is 1.63. The van der Waals surface area contributed by atoms with Gasteiger partial charge in [0, 0.05) is 6.07 Å². The highest BCUT2D eigenvalue weighted by atomic mass is 79.9. The maximum atomic E-state index is 11.2. The summed E-state index contributed by atoms with van der Waals surface area (Å²) in [5, 5.41) is 10.7. The van der Waals surface area contributed by atoms with E-state index in [9.17, 15) is 14.9 Å². The summed E-state index contributed by atoms with van der Waals surface area (Å²) >= 11 is 3.12. The van der Waals surface area contributed by atoms with Gasteiger partial charge in [0.15, 0.2) is 5.78 Å². The summed E-state index contributed by atoms with van der Waals surface area (Å²) in [7, 11) is 1.43. The highest BCUT2D eigenvalue weighted by Gasteiger charge is 2.20. The number of carbonyl (C=O) groups excluding carboxylic acids is 1. The topological polar surface area (TPSA) is 69.4 Å². The molecule has 0 N–H and O–H groups in total. The van der Waals surface area contributed by atoms with Crippen LogP contribution in [0.1, 0.15) is 17.3 Å². The lowest BCUT2D eigenvalue weighted by molar-refractivity contribution is -0.385. The number of hydrogen-bond acceptors (Lipinski definition) is 4. The number of halogens is 1. The van der Waals surface area contributed by atoms with Crippen LogP contribution in [0.4, 0.5) is 5.69 Å². The number of nitro benzene ring substituents is 1. The Balaban J connectivity index is 3.45. The quantitative estimate of drug-likeness (QED) is 0.482. The SMILES string of the molecule is COc1cc(C(C)=O)c([N+](=O)[O-])cc1Br. The number of Topliss-reactive ketones (excluding diaryl/α,β-unsaturated/α-hetero) is 1. The van der Waals surface area contributed by atoms with Gasteiger partial charge in [0.05, 0.1) is 22.1 Å². The fraction of sp³-hybridized carbons (Fsp3) is 0.222. The van der Waals surface area contributed by atoms with Crippen molar-refractivity contribution in [3.05, 3.63) is 32.3 Å². The van der Waals surface area contributed by atoms with Gasteiger partial charge in [-0.2, -0.15) is 0 Å². The molecule has 1 aromatic rings. The summed E-state index contributed by atoms with van der Waals surface area (Å²) in [4.78, 5) is 21.2. The minimum absolute atomic E-state index is 0.0417. The molecule has 0 saturated carbocycles. The first-order valence-electron chi connectivity index (χ1n) is 4.00. The molecule has 15 heavy (non-hydrogen) atoms. The average molecular weight is 274 g/mol. The largest absolute Gasteiger partial charge is 0.496 e. The molecule has 0 heterocycles. The monoisotopic (exact) mass is 273 g/mol. The second-order valence-corrected chi connectivity index (χ2v) is 3.67. The fourth-order valence-electron chi connectivity index (χ4n) is 1.13. The third-order valence-electron chi connectivity index (χ3n) is 1.85. The normalized spacial score (nSPS) is 9.80. The molecule has 0 aliphatic heterocycles. The van der Waals surface area contributed by atoms with Crippen molar-refractivity contribution in [2.24, 2.45) is 0 Å². The van der Waals surface area contributed by atoms with E-state index in [2.05, 4.69) is 15.9 Å². The molecule has 80 valence electrons. The van der Waals surface area contributed by atoms with Gasteiger partial charge in [-0.3, -0.25) is 14.9 Å². The van der Waals surface area contributed by atoms with Gasteiger partial charge < -0.3 is 4.74 Å². The van der Waals surface area contributed by atoms with Crippen molar-refractivity contribution in [2.45, 2.75) is 6.92 Å². The van der Waals surface area contributed by atoms with E-state index in [1.807, 2.05) is 0 Å². The van der Waals surface area contributed by atoms with Gasteiger partial charge in [-0.15, -0.1) is 0 Å². The highest BCUT2D eigenvalue weighted by molar-refractivity contribution is 9.10. The number of benzene rings is 1. The molecule has 0 unspecified atom stereocenters. The molecular formula is C9H8BrNO4. The predicted octanol–water partition coefficient (Wildman–Crippen LogP) is 2.57. The zero-order valence-electron chi connectivity index (χ0n) is 8.11. The van der Waals surface area contributed by atoms with Crippen LogP contribution in [0.15, 0.2) is 16.6 Å². The van der Waals surface area contributed by atoms with E-state index in [4.69, 9.17) is 4.74 Å². The van der Waals surface area contributed by atoms with Crippen LogP contribution in [0.3, 0.4) is 0 Å². The second-order valence-electron chi connectivity index (χ2n) is 2.82. The summed E-state index contributed by atoms with van der Waals surface area (Å²) in [6.07, 6.45) is 0. The lowest BCUT2D eigenvalue weighted by Gasteiger charge is -2.05. The molecule has 0 saturated heterocycles. The molecule has 0 aliphatic carbocycles. The number of ether oxygens (including phenoxy) is 1. The molecular weight excluding hydrogens is 266 g/mol. The van der Waals surface area contributed by atoms with Gasteiger partial charge >= 0.3 is 0 Å². The van der Waals surface area contributed by atoms with E-state index in [1.165, 1.54) is 26.2 Å². The number of nitrogens with zero attached hydrogens (tertiary/aromatic N) is 1. The van der Waals surface area contributed by atoms with E-state index >= 15 is 0 Å². The Labute approximate surface area is 94.3 Å². The first-order chi connectivity index (χ1) is 6.97. The van der Waals surface area contributed by atoms with Crippen LogP contribution < -0.4 is 4.74 Å². The van der Waals surface area contributed by atoms with E-state index in [0.717, 1.165) is 0 Å². The Kier molecular flexibility index (Phi) is 3.41. The van der Waals surface area contributed by atoms with Gasteiger partial charge in [-0.25, -0.2) is 0 Å². The maximum Gasteiger partial charge on any atom is 0.281 e. The van der Waals surface area contributed by atoms with Gasteiger partial charge in [0.2, 0.25) is 0 Å². The van der Waals surface area contributed by atoms with E-state index in [-0.39, 0.29) is 17.0 Å². The van der Waals surface area contributed by atoms with Crippen molar-refractivity contribution in [1.82, 2.24) is 0 Å². The molecule has 0 bridgehead atoms. The molecule has 0 aromatic heterocycles. The molecule has 1 aromatic carbocycles. The zero-order valence-corrected chi connectivity index (χ0v) is 9.70. The summed E-state index contributed by atoms with van der Waals surface area (Å²) in [6, 6.07) is 2.61. The van der Waals surface area contributed by atoms with Crippen LogP contribution in [-0.4, -0.2) is 17.8 Å². The Bertz CT molecular complexity index is 430. The van der Waals surface area contributed by atoms with Crippen LogP contribution in [-0.2, 0) is 0 Å². The summed E-state index contributed by atoms with van der Waals surface area (Å²) in [5.74, 6) is 0.0262. The number of carbonyl (C=O) groups is 1. The average Bonchev–Trinajstić information content (AvgIpc) is 2.16. The first kappa shape index (κ1) is 11.6. The minimum Gasteiger partial charge on any atom is -0.496 e. The van der Waals surface area contributed by atoms with Gasteiger partial charge in [0.1, 0.15) is 5.75 Å². The summed E-state index contributed by atoms with van der Waals surface area (Å²) in [6.45, 7) is 1.27. The van der Waals surface area contributed by atoms with Crippen molar-refractivity contribution >= 4 is 27.4 Å². The Morgan fingerprint density at radius 3 is 2.53 bits per heavy atom. The predicted molar refractivity (Wildman–Crippen MR) is 57.4 cm³/mol. The standard InChI is InChI=1S/C9H8BrNO4/c1-5(12)6-3-9(15-2)7(10)4-8(6)11(13)14/h3-4H,1-2H3. The van der Waals surface area contributed by atoms with Crippen LogP contribution in [0.5, 0.6) is 5.75 Å². The lowest BCUT2D eigenvalue weighted by atomic mass is 10.1. The number of rotatable bonds is 3. The third-order valence-corrected chi connectivity index (χ3v) is 2.47. The minimum atomic E-state index is -0.596. The van der Waals surface area contributed by atoms with Crippen molar-refractivity contribution < 1.29 is 14.5 Å². The molecule has 5 nitrogen and oxygen atoms in total. The van der Waals surface area contributed by atoms with Gasteiger partial charge in [-0.1, -0.05) is 0 Å². The molecule has 0 radical (unpaired) electrons. The van der Waals surface area contributed by atoms with Crippen molar-refractivity contribution in [1.29, 1.82) is 0 Å². The number of methoxy groups -OCH3 is 1. The number of hydrogen-bond donors (Lipinski definition) is 0. The van der Waals surface area contributed by atoms with Gasteiger partial charge in [0.25, 0.3) is 5.69 Å². The zero-order chi connectivity index (χ0) is 11.6. The van der Waals surface area contributed by atoms with Crippen molar-refractivity contribution in [2.75, 3.05) is 7.11 Å². The summed E-state index contributed by atoms with van der Waals surface area (Å²) in [5.41, 5.74) is -0.185. The molecule has 0 spiro atoms. The molecule has 0 atom stereocenters. The highest BCUT2D eigenvalue weighted by Crippen LogP contribution is 2.32. The lowest BCUT2D eigenvalue weighted by Crippen LogP contribution is -2.01. The number of ketones is 1. The molecule has 0 fully saturated rings. The van der Waals surface area contributed by atoms with Crippen LogP contribution >= 0.6 is 15.9 Å². The number of nitro groups is 1. The molecule has 0 aliphatic rings. The smallest absolute Gasteiger partial charge is 0.281 e. The Morgan fingerprint density at radius 1 is 1.53 bits per heavy atom. The Morgan fingerprint density at radius 2 is 2.13 bits per heavy atom. The van der Waals surface area contributed by atoms with E-state index < -0.39 is 4.92 Å². The van der Waals surface area contributed by atoms with E-state index in [0.29, 0.717) is 10.2 Å². The second kappa shape index (κ2) is 4.39. The summed E-state index contributed by atoms with van der Waals surface area (Å²) < 4.78 is 5.39. The maximum absolute atomic E-state index is 11.2. The van der Waals surface area contributed by atoms with Crippen molar-refractivity contribution in [3.8, 4) is 5.75 Å². The van der Waals surface area contributed by atoms with Crippen LogP contribution in [0.2, 0.25) is 0 Å². The molecule has 1 rings (SSSR count). The van der Waals surface area contributed by atoms with Crippen molar-refractivity contribution in [3.63, 3.8) is 0 Å². The van der Waals surface area contributed by atoms with Crippen LogP contribution in [0, 0.1) is 10.1 Å². The third kappa shape index (κ3) is 2.33. The molecule has 6 heteroatoms. The van der Waals surface area contributed by atoms with E-state index in [1.54, 1.807) is 0 Å². The first-order valence-corrected chi connectivity index (χ1v) is 4.79. The van der Waals surface area contributed by atoms with Gasteiger partial charge in [-0.05, 0) is 28.9 Å². The Hall–Kier alpha value is -1.43. The van der Waals surface area contributed by atoms with Crippen LogP contribution in [0.25, 0.3) is 0 Å².